The molecule has 1 aliphatic carbocycles. The van der Waals surface area contributed by atoms with Crippen LogP contribution in [0.15, 0.2) is 30.3 Å². The van der Waals surface area contributed by atoms with Crippen molar-refractivity contribution in [2.45, 2.75) is 31.8 Å². The Labute approximate surface area is 100 Å². The van der Waals surface area contributed by atoms with Gasteiger partial charge in [0.15, 0.2) is 6.10 Å². The summed E-state index contributed by atoms with van der Waals surface area (Å²) in [7, 11) is 0. The van der Waals surface area contributed by atoms with E-state index < -0.39 is 12.1 Å². The predicted molar refractivity (Wildman–Crippen MR) is 65.6 cm³/mol. The molecular formula is C14H16O3. The van der Waals surface area contributed by atoms with Gasteiger partial charge in [0.2, 0.25) is 0 Å². The van der Waals surface area contributed by atoms with E-state index in [1.54, 1.807) is 0 Å². The molecule has 3 heteroatoms. The average Bonchev–Trinajstić information content (AvgIpc) is 2.52. The number of rotatable bonds is 3. The highest BCUT2D eigenvalue weighted by atomic mass is 16.4. The molecule has 0 aliphatic heterocycles. The number of hydrogen-bond donors (Lipinski definition) is 2. The van der Waals surface area contributed by atoms with Crippen LogP contribution < -0.4 is 0 Å². The summed E-state index contributed by atoms with van der Waals surface area (Å²) >= 11 is 0. The second-order valence-corrected chi connectivity index (χ2v) is 4.34. The van der Waals surface area contributed by atoms with Crippen molar-refractivity contribution in [2.75, 3.05) is 0 Å². The molecule has 0 amide bonds. The van der Waals surface area contributed by atoms with Gasteiger partial charge in [-0.2, -0.15) is 0 Å². The van der Waals surface area contributed by atoms with Gasteiger partial charge in [0.25, 0.3) is 0 Å². The van der Waals surface area contributed by atoms with Crippen LogP contribution in [0.5, 0.6) is 0 Å². The van der Waals surface area contributed by atoms with Crippen LogP contribution in [0.2, 0.25) is 0 Å². The van der Waals surface area contributed by atoms with Crippen molar-refractivity contribution in [1.82, 2.24) is 0 Å². The number of carboxylic acid groups (broad SMARTS) is 1. The molecule has 1 aromatic rings. The zero-order valence-electron chi connectivity index (χ0n) is 9.60. The van der Waals surface area contributed by atoms with E-state index in [1.165, 1.54) is 5.56 Å². The number of carboxylic acids is 1. The lowest BCUT2D eigenvalue weighted by molar-refractivity contribution is -0.146. The fourth-order valence-electron chi connectivity index (χ4n) is 2.22. The maximum Gasteiger partial charge on any atom is 0.332 e. The molecule has 0 bridgehead atoms. The summed E-state index contributed by atoms with van der Waals surface area (Å²) in [6.07, 6.45) is 3.95. The molecule has 3 nitrogen and oxygen atoms in total. The van der Waals surface area contributed by atoms with E-state index >= 15 is 0 Å². The summed E-state index contributed by atoms with van der Waals surface area (Å²) in [6.45, 7) is 0. The van der Waals surface area contributed by atoms with Crippen molar-refractivity contribution < 1.29 is 15.0 Å². The summed E-state index contributed by atoms with van der Waals surface area (Å²) in [5.74, 6) is -1.16. The number of aliphatic hydroxyl groups excluding tert-OH is 1. The highest BCUT2D eigenvalue weighted by Crippen LogP contribution is 2.28. The Morgan fingerprint density at radius 3 is 2.88 bits per heavy atom. The highest BCUT2D eigenvalue weighted by Gasteiger charge is 2.18. The number of carbonyl (C=O) groups is 1. The van der Waals surface area contributed by atoms with Gasteiger partial charge in [-0.05, 0) is 36.0 Å². The van der Waals surface area contributed by atoms with Crippen LogP contribution in [0.4, 0.5) is 0 Å². The molecule has 1 atom stereocenters. The lowest BCUT2D eigenvalue weighted by Gasteiger charge is -2.12. The number of aliphatic carboxylic acids is 1. The van der Waals surface area contributed by atoms with Crippen molar-refractivity contribution in [2.24, 2.45) is 0 Å². The summed E-state index contributed by atoms with van der Waals surface area (Å²) < 4.78 is 0. The van der Waals surface area contributed by atoms with E-state index in [4.69, 9.17) is 5.11 Å². The first-order valence-corrected chi connectivity index (χ1v) is 5.86. The Hall–Kier alpha value is -1.61. The first kappa shape index (κ1) is 11.9. The van der Waals surface area contributed by atoms with Gasteiger partial charge in [-0.3, -0.25) is 0 Å². The Bertz CT molecular complexity index is 449. The highest BCUT2D eigenvalue weighted by molar-refractivity contribution is 5.78. The van der Waals surface area contributed by atoms with Gasteiger partial charge in [0, 0.05) is 6.42 Å². The van der Waals surface area contributed by atoms with Gasteiger partial charge in [-0.1, -0.05) is 30.3 Å². The quantitative estimate of drug-likeness (QED) is 0.840. The van der Waals surface area contributed by atoms with Gasteiger partial charge < -0.3 is 10.2 Å². The average molecular weight is 232 g/mol. The summed E-state index contributed by atoms with van der Waals surface area (Å²) in [6, 6.07) is 8.02. The zero-order valence-corrected chi connectivity index (χ0v) is 9.60. The van der Waals surface area contributed by atoms with Gasteiger partial charge in [0.1, 0.15) is 0 Å². The van der Waals surface area contributed by atoms with Gasteiger partial charge >= 0.3 is 5.97 Å². The largest absolute Gasteiger partial charge is 0.479 e. The topological polar surface area (TPSA) is 57.5 Å². The fraction of sp³-hybridized carbons (Fsp3) is 0.357. The number of hydrogen-bond acceptors (Lipinski definition) is 2. The van der Waals surface area contributed by atoms with Crippen molar-refractivity contribution in [3.63, 3.8) is 0 Å². The molecule has 17 heavy (non-hydrogen) atoms. The Morgan fingerprint density at radius 2 is 2.12 bits per heavy atom. The van der Waals surface area contributed by atoms with Gasteiger partial charge in [0.05, 0.1) is 0 Å². The monoisotopic (exact) mass is 232 g/mol. The lowest BCUT2D eigenvalue weighted by Crippen LogP contribution is -2.19. The van der Waals surface area contributed by atoms with Crippen molar-refractivity contribution >= 4 is 11.5 Å². The number of aliphatic hydroxyl groups is 1. The molecule has 0 heterocycles. The molecule has 0 radical (unpaired) electrons. The van der Waals surface area contributed by atoms with Crippen LogP contribution in [-0.4, -0.2) is 22.3 Å². The molecule has 0 saturated carbocycles. The normalized spacial score (nSPS) is 16.6. The predicted octanol–water partition coefficient (Wildman–Crippen LogP) is 2.24. The molecule has 1 unspecified atom stereocenters. The first-order chi connectivity index (χ1) is 8.18. The van der Waals surface area contributed by atoms with E-state index in [2.05, 4.69) is 12.1 Å². The van der Waals surface area contributed by atoms with Crippen LogP contribution in [0, 0.1) is 0 Å². The van der Waals surface area contributed by atoms with Crippen LogP contribution in [0.3, 0.4) is 0 Å². The molecule has 0 spiro atoms. The van der Waals surface area contributed by atoms with Crippen LogP contribution in [0.25, 0.3) is 5.57 Å². The van der Waals surface area contributed by atoms with Crippen LogP contribution >= 0.6 is 0 Å². The van der Waals surface area contributed by atoms with Gasteiger partial charge in [-0.15, -0.1) is 0 Å². The molecule has 90 valence electrons. The third-order valence-electron chi connectivity index (χ3n) is 3.10. The van der Waals surface area contributed by atoms with E-state index in [9.17, 15) is 9.90 Å². The SMILES string of the molecule is O=C(O)C(O)CC1=CCCCc2ccccc21. The smallest absolute Gasteiger partial charge is 0.332 e. The van der Waals surface area contributed by atoms with Crippen LogP contribution in [0.1, 0.15) is 30.4 Å². The minimum absolute atomic E-state index is 0.187. The molecule has 1 aromatic carbocycles. The molecule has 2 N–H and O–H groups in total. The standard InChI is InChI=1S/C14H16O3/c15-13(14(16)17)9-11-7-2-1-5-10-6-3-4-8-12(10)11/h3-4,6-8,13,15H,1-2,5,9H2,(H,16,17). The maximum atomic E-state index is 10.7. The van der Waals surface area contributed by atoms with E-state index in [1.807, 2.05) is 18.2 Å². The Kier molecular flexibility index (Phi) is 3.59. The third-order valence-corrected chi connectivity index (χ3v) is 3.10. The fourth-order valence-corrected chi connectivity index (χ4v) is 2.22. The molecule has 1 aliphatic rings. The Morgan fingerprint density at radius 1 is 1.35 bits per heavy atom. The molecule has 0 fully saturated rings. The third kappa shape index (κ3) is 2.74. The molecule has 0 aromatic heterocycles. The minimum Gasteiger partial charge on any atom is -0.479 e. The maximum absolute atomic E-state index is 10.7. The zero-order chi connectivity index (χ0) is 12.3. The molecular weight excluding hydrogens is 216 g/mol. The molecule has 2 rings (SSSR count). The second kappa shape index (κ2) is 5.15. The second-order valence-electron chi connectivity index (χ2n) is 4.34. The number of fused-ring (bicyclic) bond motifs is 1. The summed E-state index contributed by atoms with van der Waals surface area (Å²) in [5.41, 5.74) is 3.28. The van der Waals surface area contributed by atoms with Crippen molar-refractivity contribution in [1.29, 1.82) is 0 Å². The summed E-state index contributed by atoms with van der Waals surface area (Å²) in [5, 5.41) is 18.2. The molecule has 0 saturated heterocycles. The van der Waals surface area contributed by atoms with Crippen LogP contribution in [-0.2, 0) is 11.2 Å². The van der Waals surface area contributed by atoms with Crippen molar-refractivity contribution in [3.05, 3.63) is 41.5 Å². The lowest BCUT2D eigenvalue weighted by atomic mass is 9.95. The minimum atomic E-state index is -1.31. The first-order valence-electron chi connectivity index (χ1n) is 5.86. The van der Waals surface area contributed by atoms with E-state index in [-0.39, 0.29) is 6.42 Å². The van der Waals surface area contributed by atoms with Crippen molar-refractivity contribution in [3.8, 4) is 0 Å². The number of allylic oxidation sites excluding steroid dienone is 1. The van der Waals surface area contributed by atoms with Gasteiger partial charge in [-0.25, -0.2) is 4.79 Å². The summed E-state index contributed by atoms with van der Waals surface area (Å²) in [4.78, 5) is 10.7. The Balaban J connectivity index is 2.28. The van der Waals surface area contributed by atoms with E-state index in [0.717, 1.165) is 30.4 Å². The van der Waals surface area contributed by atoms with E-state index in [0.29, 0.717) is 0 Å². The number of aryl methyl sites for hydroxylation is 1. The number of benzene rings is 1.